The number of hydrogen-bond acceptors (Lipinski definition) is 3. The molecule has 4 atom stereocenters. The van der Waals surface area contributed by atoms with E-state index in [9.17, 15) is 4.79 Å². The van der Waals surface area contributed by atoms with Crippen molar-refractivity contribution in [1.82, 2.24) is 10.2 Å². The Labute approximate surface area is 130 Å². The first-order chi connectivity index (χ1) is 9.76. The van der Waals surface area contributed by atoms with E-state index in [0.717, 1.165) is 25.9 Å². The highest BCUT2D eigenvalue weighted by atomic mass is 16.5. The molecule has 124 valence electrons. The van der Waals surface area contributed by atoms with Crippen molar-refractivity contribution in [2.75, 3.05) is 20.7 Å². The number of hydrogen-bond donors (Lipinski definition) is 1. The first-order valence-electron chi connectivity index (χ1n) is 8.35. The minimum Gasteiger partial charge on any atom is -0.378 e. The summed E-state index contributed by atoms with van der Waals surface area (Å²) >= 11 is 0. The molecule has 1 rings (SSSR count). The van der Waals surface area contributed by atoms with E-state index in [4.69, 9.17) is 4.74 Å². The maximum Gasteiger partial charge on any atom is 0.239 e. The van der Waals surface area contributed by atoms with E-state index in [-0.39, 0.29) is 17.4 Å². The molecule has 0 radical (unpaired) electrons. The first-order valence-corrected chi connectivity index (χ1v) is 8.35. The molecule has 0 bridgehead atoms. The Morgan fingerprint density at radius 3 is 2.43 bits per heavy atom. The lowest BCUT2D eigenvalue weighted by atomic mass is 9.61. The van der Waals surface area contributed by atoms with E-state index in [1.54, 1.807) is 4.90 Å². The quantitative estimate of drug-likeness (QED) is 0.749. The molecule has 1 aliphatic carbocycles. The molecule has 0 aromatic heterocycles. The monoisotopic (exact) mass is 298 g/mol. The van der Waals surface area contributed by atoms with Crippen LogP contribution in [0.2, 0.25) is 0 Å². The number of carbonyl (C=O) groups excluding carboxylic acids is 1. The van der Waals surface area contributed by atoms with Crippen molar-refractivity contribution in [3.63, 3.8) is 0 Å². The van der Waals surface area contributed by atoms with Crippen molar-refractivity contribution in [3.05, 3.63) is 0 Å². The molecule has 0 aromatic rings. The van der Waals surface area contributed by atoms with Crippen molar-refractivity contribution in [1.29, 1.82) is 0 Å². The van der Waals surface area contributed by atoms with Crippen LogP contribution in [0.15, 0.2) is 0 Å². The first kappa shape index (κ1) is 18.4. The molecule has 4 heteroatoms. The summed E-state index contributed by atoms with van der Waals surface area (Å²) in [6.45, 7) is 11.6. The van der Waals surface area contributed by atoms with Gasteiger partial charge in [0.2, 0.25) is 5.91 Å². The summed E-state index contributed by atoms with van der Waals surface area (Å²) in [5, 5.41) is 3.62. The van der Waals surface area contributed by atoms with E-state index in [1.807, 2.05) is 21.0 Å². The van der Waals surface area contributed by atoms with Gasteiger partial charge < -0.3 is 15.0 Å². The van der Waals surface area contributed by atoms with Gasteiger partial charge in [0.25, 0.3) is 0 Å². The van der Waals surface area contributed by atoms with Gasteiger partial charge in [0.05, 0.1) is 12.1 Å². The molecular weight excluding hydrogens is 264 g/mol. The van der Waals surface area contributed by atoms with Crippen molar-refractivity contribution < 1.29 is 9.53 Å². The van der Waals surface area contributed by atoms with Crippen LogP contribution in [0, 0.1) is 11.3 Å². The predicted molar refractivity (Wildman–Crippen MR) is 87.3 cm³/mol. The summed E-state index contributed by atoms with van der Waals surface area (Å²) in [4.78, 5) is 14.1. The normalized spacial score (nSPS) is 30.1. The highest BCUT2D eigenvalue weighted by Crippen LogP contribution is 2.46. The summed E-state index contributed by atoms with van der Waals surface area (Å²) in [7, 11) is 3.67. The molecular formula is C17H34N2O2. The van der Waals surface area contributed by atoms with Crippen LogP contribution in [0.3, 0.4) is 0 Å². The van der Waals surface area contributed by atoms with Crippen LogP contribution < -0.4 is 5.32 Å². The number of nitrogens with one attached hydrogen (secondary N) is 1. The van der Waals surface area contributed by atoms with Gasteiger partial charge in [-0.2, -0.15) is 0 Å². The van der Waals surface area contributed by atoms with Gasteiger partial charge >= 0.3 is 0 Å². The Kier molecular flexibility index (Phi) is 6.67. The molecule has 21 heavy (non-hydrogen) atoms. The van der Waals surface area contributed by atoms with Crippen LogP contribution in [0.4, 0.5) is 0 Å². The third kappa shape index (κ3) is 4.19. The fraction of sp³-hybridized carbons (Fsp3) is 0.941. The van der Waals surface area contributed by atoms with E-state index < -0.39 is 0 Å². The minimum absolute atomic E-state index is 0.0848. The smallest absolute Gasteiger partial charge is 0.239 e. The molecule has 1 fully saturated rings. The Bertz CT molecular complexity index is 344. The molecule has 0 heterocycles. The Morgan fingerprint density at radius 2 is 2.00 bits per heavy atom. The fourth-order valence-corrected chi connectivity index (χ4v) is 3.27. The molecule has 1 saturated carbocycles. The second kappa shape index (κ2) is 7.59. The summed E-state index contributed by atoms with van der Waals surface area (Å²) < 4.78 is 5.85. The summed E-state index contributed by atoms with van der Waals surface area (Å²) in [6.07, 6.45) is 3.28. The molecule has 0 aromatic carbocycles. The minimum atomic E-state index is -0.0848. The third-order valence-corrected chi connectivity index (χ3v) is 4.96. The van der Waals surface area contributed by atoms with Gasteiger partial charge in [-0.05, 0) is 32.1 Å². The lowest BCUT2D eigenvalue weighted by molar-refractivity contribution is -0.141. The van der Waals surface area contributed by atoms with Crippen LogP contribution in [-0.4, -0.2) is 49.7 Å². The molecule has 1 amide bonds. The third-order valence-electron chi connectivity index (χ3n) is 4.96. The molecule has 1 aliphatic rings. The lowest BCUT2D eigenvalue weighted by Crippen LogP contribution is -2.65. The Hall–Kier alpha value is -0.610. The van der Waals surface area contributed by atoms with Gasteiger partial charge in [-0.25, -0.2) is 0 Å². The molecule has 0 aliphatic heterocycles. The van der Waals surface area contributed by atoms with E-state index in [1.165, 1.54) is 0 Å². The zero-order chi connectivity index (χ0) is 16.2. The van der Waals surface area contributed by atoms with Gasteiger partial charge in [-0.15, -0.1) is 0 Å². The van der Waals surface area contributed by atoms with Crippen molar-refractivity contribution >= 4 is 5.91 Å². The van der Waals surface area contributed by atoms with Crippen molar-refractivity contribution in [2.24, 2.45) is 11.3 Å². The van der Waals surface area contributed by atoms with E-state index in [2.05, 4.69) is 33.0 Å². The molecule has 0 spiro atoms. The zero-order valence-corrected chi connectivity index (χ0v) is 14.9. The lowest BCUT2D eigenvalue weighted by Gasteiger charge is -2.54. The second-order valence-electron chi connectivity index (χ2n) is 7.17. The van der Waals surface area contributed by atoms with Crippen LogP contribution in [-0.2, 0) is 9.53 Å². The Morgan fingerprint density at radius 1 is 1.38 bits per heavy atom. The van der Waals surface area contributed by atoms with Crippen molar-refractivity contribution in [3.8, 4) is 0 Å². The second-order valence-corrected chi connectivity index (χ2v) is 7.17. The van der Waals surface area contributed by atoms with Crippen LogP contribution >= 0.6 is 0 Å². The summed E-state index contributed by atoms with van der Waals surface area (Å²) in [5.74, 6) is 0.684. The molecule has 0 saturated heterocycles. The van der Waals surface area contributed by atoms with Gasteiger partial charge in [-0.1, -0.05) is 27.7 Å². The van der Waals surface area contributed by atoms with Gasteiger partial charge in [0.1, 0.15) is 0 Å². The molecule has 1 N–H and O–H groups in total. The summed E-state index contributed by atoms with van der Waals surface area (Å²) in [6, 6.07) is 0.283. The maximum absolute atomic E-state index is 12.4. The molecule has 4 nitrogen and oxygen atoms in total. The molecule has 4 unspecified atom stereocenters. The fourth-order valence-electron chi connectivity index (χ4n) is 3.27. The van der Waals surface area contributed by atoms with E-state index >= 15 is 0 Å². The highest BCUT2D eigenvalue weighted by Gasteiger charge is 2.51. The maximum atomic E-state index is 12.4. The van der Waals surface area contributed by atoms with Crippen molar-refractivity contribution in [2.45, 2.75) is 72.1 Å². The average molecular weight is 298 g/mol. The van der Waals surface area contributed by atoms with E-state index in [0.29, 0.717) is 18.1 Å². The summed E-state index contributed by atoms with van der Waals surface area (Å²) in [5.41, 5.74) is 0.137. The average Bonchev–Trinajstić information content (AvgIpc) is 2.42. The van der Waals surface area contributed by atoms with Crippen LogP contribution in [0.5, 0.6) is 0 Å². The highest BCUT2D eigenvalue weighted by molar-refractivity contribution is 5.81. The number of amides is 1. The Balaban J connectivity index is 2.73. The number of rotatable bonds is 8. The zero-order valence-electron chi connectivity index (χ0n) is 14.9. The van der Waals surface area contributed by atoms with Crippen LogP contribution in [0.1, 0.15) is 53.9 Å². The largest absolute Gasteiger partial charge is 0.378 e. The number of likely N-dealkylation sites (N-methyl/N-ethyl adjacent to an activating group) is 1. The standard InChI is InChI=1S/C17H34N2O2/c1-8-17(5)14(11-15(17)21-9-2)18-13(10-12(3)4)16(20)19(6)7/h12-15,18H,8-11H2,1-7H3. The SMILES string of the molecule is CCOC1CC(NC(CC(C)C)C(=O)N(C)C)C1(C)CC. The van der Waals surface area contributed by atoms with Crippen LogP contribution in [0.25, 0.3) is 0 Å². The van der Waals surface area contributed by atoms with Gasteiger partial charge in [0, 0.05) is 32.2 Å². The van der Waals surface area contributed by atoms with Gasteiger partial charge in [-0.3, -0.25) is 4.79 Å². The topological polar surface area (TPSA) is 41.6 Å². The number of ether oxygens (including phenoxy) is 1. The number of nitrogens with zero attached hydrogens (tertiary/aromatic N) is 1. The number of carbonyl (C=O) groups is 1. The van der Waals surface area contributed by atoms with Gasteiger partial charge in [0.15, 0.2) is 0 Å². The predicted octanol–water partition coefficient (Wildman–Crippen LogP) is 2.67.